The number of thioether (sulfide) groups is 1. The van der Waals surface area contributed by atoms with Crippen molar-refractivity contribution in [1.29, 1.82) is 10.5 Å². The SMILES string of the molecule is COCCOc1ccc(-c2c(C#N)c(N)nc(SCC(=O)O)c2C#N)cc1. The van der Waals surface area contributed by atoms with E-state index in [9.17, 15) is 15.3 Å². The fourth-order valence-electron chi connectivity index (χ4n) is 2.28. The summed E-state index contributed by atoms with van der Waals surface area (Å²) >= 11 is 0.878. The molecule has 27 heavy (non-hydrogen) atoms. The van der Waals surface area contributed by atoms with Crippen molar-refractivity contribution in [3.05, 3.63) is 35.4 Å². The molecule has 0 saturated heterocycles. The van der Waals surface area contributed by atoms with Crippen LogP contribution >= 0.6 is 11.8 Å². The largest absolute Gasteiger partial charge is 0.491 e. The van der Waals surface area contributed by atoms with Gasteiger partial charge in [0.05, 0.1) is 17.9 Å². The summed E-state index contributed by atoms with van der Waals surface area (Å²) < 4.78 is 10.4. The number of ether oxygens (including phenoxy) is 2. The second-order valence-corrected chi connectivity index (χ2v) is 6.16. The summed E-state index contributed by atoms with van der Waals surface area (Å²) in [5, 5.41) is 28.1. The highest BCUT2D eigenvalue weighted by atomic mass is 32.2. The predicted octanol–water partition coefficient (Wildman–Crippen LogP) is 2.28. The number of hydrogen-bond donors (Lipinski definition) is 2. The summed E-state index contributed by atoms with van der Waals surface area (Å²) in [5.74, 6) is -0.776. The molecule has 0 aliphatic heterocycles. The van der Waals surface area contributed by atoms with Crippen molar-refractivity contribution in [2.75, 3.05) is 31.8 Å². The Balaban J connectivity index is 2.49. The molecule has 0 radical (unpaired) electrons. The number of aromatic nitrogens is 1. The second kappa shape index (κ2) is 9.43. The Morgan fingerprint density at radius 1 is 1.22 bits per heavy atom. The van der Waals surface area contributed by atoms with Crippen LogP contribution in [0.2, 0.25) is 0 Å². The number of benzene rings is 1. The molecule has 0 bridgehead atoms. The third kappa shape index (κ3) is 4.88. The zero-order chi connectivity index (χ0) is 19.8. The van der Waals surface area contributed by atoms with E-state index in [0.717, 1.165) is 11.8 Å². The molecule has 0 saturated carbocycles. The van der Waals surface area contributed by atoms with Crippen LogP contribution in [-0.4, -0.2) is 42.1 Å². The number of methoxy groups -OCH3 is 1. The van der Waals surface area contributed by atoms with Gasteiger partial charge in [-0.3, -0.25) is 4.79 Å². The normalized spacial score (nSPS) is 10.0. The van der Waals surface area contributed by atoms with E-state index in [1.807, 2.05) is 12.1 Å². The average Bonchev–Trinajstić information content (AvgIpc) is 2.66. The maximum Gasteiger partial charge on any atom is 0.313 e. The second-order valence-electron chi connectivity index (χ2n) is 5.20. The molecule has 0 unspecified atom stereocenters. The summed E-state index contributed by atoms with van der Waals surface area (Å²) in [6, 6.07) is 10.8. The van der Waals surface area contributed by atoms with Crippen molar-refractivity contribution < 1.29 is 19.4 Å². The van der Waals surface area contributed by atoms with Gasteiger partial charge in [-0.05, 0) is 17.7 Å². The zero-order valence-electron chi connectivity index (χ0n) is 14.4. The van der Waals surface area contributed by atoms with Gasteiger partial charge in [0.1, 0.15) is 40.9 Å². The number of carboxylic acid groups (broad SMARTS) is 1. The lowest BCUT2D eigenvalue weighted by atomic mass is 9.97. The Morgan fingerprint density at radius 2 is 1.89 bits per heavy atom. The van der Waals surface area contributed by atoms with Crippen molar-refractivity contribution in [2.45, 2.75) is 5.03 Å². The maximum absolute atomic E-state index is 10.8. The number of nitrogens with two attached hydrogens (primary N) is 1. The Hall–Kier alpha value is -3.27. The zero-order valence-corrected chi connectivity index (χ0v) is 15.2. The van der Waals surface area contributed by atoms with Gasteiger partial charge in [-0.2, -0.15) is 10.5 Å². The van der Waals surface area contributed by atoms with Crippen molar-refractivity contribution in [3.8, 4) is 29.0 Å². The van der Waals surface area contributed by atoms with Crippen LogP contribution in [-0.2, 0) is 9.53 Å². The smallest absolute Gasteiger partial charge is 0.313 e. The van der Waals surface area contributed by atoms with Crippen LogP contribution in [0.3, 0.4) is 0 Å². The van der Waals surface area contributed by atoms with Crippen LogP contribution in [0.4, 0.5) is 5.82 Å². The summed E-state index contributed by atoms with van der Waals surface area (Å²) in [6.45, 7) is 0.838. The number of nitrogen functional groups attached to an aromatic ring is 1. The molecule has 9 heteroatoms. The van der Waals surface area contributed by atoms with Crippen molar-refractivity contribution >= 4 is 23.5 Å². The van der Waals surface area contributed by atoms with Gasteiger partial charge in [-0.1, -0.05) is 23.9 Å². The first-order valence-electron chi connectivity index (χ1n) is 7.72. The molecule has 0 atom stereocenters. The number of carboxylic acids is 1. The molecule has 0 amide bonds. The van der Waals surface area contributed by atoms with Crippen molar-refractivity contribution in [3.63, 3.8) is 0 Å². The number of rotatable bonds is 8. The van der Waals surface area contributed by atoms with Gasteiger partial charge in [0, 0.05) is 12.7 Å². The minimum Gasteiger partial charge on any atom is -0.491 e. The van der Waals surface area contributed by atoms with Crippen LogP contribution in [0, 0.1) is 22.7 Å². The van der Waals surface area contributed by atoms with E-state index in [4.69, 9.17) is 20.3 Å². The Morgan fingerprint density at radius 3 is 2.44 bits per heavy atom. The number of nitriles is 2. The van der Waals surface area contributed by atoms with E-state index in [2.05, 4.69) is 4.98 Å². The number of nitrogens with zero attached hydrogens (tertiary/aromatic N) is 3. The standard InChI is InChI=1S/C18H16N4O4S/c1-25-6-7-26-12-4-2-11(3-5-12)16-13(8-19)17(21)22-18(14(16)9-20)27-10-15(23)24/h2-5H,6-7,10H2,1H3,(H2,21,22)(H,23,24). The topological polar surface area (TPSA) is 142 Å². The highest BCUT2D eigenvalue weighted by Gasteiger charge is 2.21. The molecular weight excluding hydrogens is 368 g/mol. The van der Waals surface area contributed by atoms with Gasteiger partial charge in [0.15, 0.2) is 0 Å². The first-order chi connectivity index (χ1) is 13.0. The average molecular weight is 384 g/mol. The molecule has 8 nitrogen and oxygen atoms in total. The van der Waals surface area contributed by atoms with Gasteiger partial charge in [0.2, 0.25) is 0 Å². The van der Waals surface area contributed by atoms with E-state index in [0.29, 0.717) is 30.1 Å². The van der Waals surface area contributed by atoms with Crippen LogP contribution in [0.15, 0.2) is 29.3 Å². The van der Waals surface area contributed by atoms with Crippen LogP contribution in [0.25, 0.3) is 11.1 Å². The third-order valence-electron chi connectivity index (χ3n) is 3.45. The Labute approximate surface area is 160 Å². The molecule has 2 aromatic rings. The Kier molecular flexibility index (Phi) is 7.00. The molecule has 0 aliphatic rings. The third-order valence-corrected chi connectivity index (χ3v) is 4.41. The minimum atomic E-state index is -1.05. The Bertz CT molecular complexity index is 917. The molecule has 1 heterocycles. The highest BCUT2D eigenvalue weighted by molar-refractivity contribution is 7.99. The van der Waals surface area contributed by atoms with Gasteiger partial charge >= 0.3 is 5.97 Å². The van der Waals surface area contributed by atoms with Crippen LogP contribution < -0.4 is 10.5 Å². The molecular formula is C18H16N4O4S. The summed E-state index contributed by atoms with van der Waals surface area (Å²) in [4.78, 5) is 14.9. The maximum atomic E-state index is 10.8. The lowest BCUT2D eigenvalue weighted by molar-refractivity contribution is -0.133. The highest BCUT2D eigenvalue weighted by Crippen LogP contribution is 2.36. The molecule has 0 spiro atoms. The molecule has 1 aromatic heterocycles. The number of hydrogen-bond acceptors (Lipinski definition) is 8. The monoisotopic (exact) mass is 384 g/mol. The fourth-order valence-corrected chi connectivity index (χ4v) is 3.00. The lowest BCUT2D eigenvalue weighted by Gasteiger charge is -2.13. The van der Waals surface area contributed by atoms with E-state index in [-0.39, 0.29) is 27.7 Å². The molecule has 138 valence electrons. The molecule has 1 aromatic carbocycles. The first-order valence-corrected chi connectivity index (χ1v) is 8.70. The minimum absolute atomic E-state index is 0.0557. The molecule has 0 aliphatic carbocycles. The molecule has 3 N–H and O–H groups in total. The van der Waals surface area contributed by atoms with Gasteiger partial charge < -0.3 is 20.3 Å². The quantitative estimate of drug-likeness (QED) is 0.517. The van der Waals surface area contributed by atoms with E-state index in [1.165, 1.54) is 0 Å². The van der Waals surface area contributed by atoms with Crippen LogP contribution in [0.1, 0.15) is 11.1 Å². The number of pyridine rings is 1. The van der Waals surface area contributed by atoms with E-state index < -0.39 is 5.97 Å². The first kappa shape index (κ1) is 20.0. The molecule has 2 rings (SSSR count). The number of anilines is 1. The van der Waals surface area contributed by atoms with Crippen LogP contribution in [0.5, 0.6) is 5.75 Å². The molecule has 0 fully saturated rings. The number of aliphatic carboxylic acids is 1. The van der Waals surface area contributed by atoms with E-state index in [1.54, 1.807) is 31.4 Å². The predicted molar refractivity (Wildman–Crippen MR) is 99.2 cm³/mol. The summed E-state index contributed by atoms with van der Waals surface area (Å²) in [7, 11) is 1.58. The van der Waals surface area contributed by atoms with Gasteiger partial charge in [-0.15, -0.1) is 0 Å². The lowest BCUT2D eigenvalue weighted by Crippen LogP contribution is -2.06. The van der Waals surface area contributed by atoms with Gasteiger partial charge in [-0.25, -0.2) is 4.98 Å². The van der Waals surface area contributed by atoms with Crippen molar-refractivity contribution in [2.24, 2.45) is 0 Å². The van der Waals surface area contributed by atoms with Crippen molar-refractivity contribution in [1.82, 2.24) is 4.98 Å². The fraction of sp³-hybridized carbons (Fsp3) is 0.222. The van der Waals surface area contributed by atoms with Gasteiger partial charge in [0.25, 0.3) is 0 Å². The van der Waals surface area contributed by atoms with E-state index >= 15 is 0 Å². The summed E-state index contributed by atoms with van der Waals surface area (Å²) in [5.41, 5.74) is 6.95. The summed E-state index contributed by atoms with van der Waals surface area (Å²) in [6.07, 6.45) is 0. The number of carbonyl (C=O) groups is 1.